The number of thiazole rings is 1. The fraction of sp³-hybridized carbons (Fsp3) is 0.667. The number of nitrogens with zero attached hydrogens (tertiary/aromatic N) is 1. The molecule has 0 radical (unpaired) electrons. The van der Waals surface area contributed by atoms with Gasteiger partial charge >= 0.3 is 5.97 Å². The van der Waals surface area contributed by atoms with Crippen LogP contribution in [0.15, 0.2) is 9.72 Å². The highest BCUT2D eigenvalue weighted by Crippen LogP contribution is 2.24. The van der Waals surface area contributed by atoms with Gasteiger partial charge in [-0.05, 0) is 33.7 Å². The average molecular weight is 288 g/mol. The van der Waals surface area contributed by atoms with Gasteiger partial charge < -0.3 is 10.1 Å². The highest BCUT2D eigenvalue weighted by molar-refractivity contribution is 8.00. The predicted octanol–water partition coefficient (Wildman–Crippen LogP) is 2.47. The molecule has 6 heteroatoms. The first-order valence-corrected chi connectivity index (χ1v) is 7.70. The Labute approximate surface area is 117 Å². The van der Waals surface area contributed by atoms with Crippen LogP contribution in [0.2, 0.25) is 0 Å². The lowest BCUT2D eigenvalue weighted by Crippen LogP contribution is -2.48. The highest BCUT2D eigenvalue weighted by Gasteiger charge is 2.31. The van der Waals surface area contributed by atoms with Crippen molar-refractivity contribution >= 4 is 29.1 Å². The Morgan fingerprint density at radius 2 is 2.39 bits per heavy atom. The third-order valence-electron chi connectivity index (χ3n) is 2.83. The third-order valence-corrected chi connectivity index (χ3v) is 5.06. The summed E-state index contributed by atoms with van der Waals surface area (Å²) >= 11 is 3.41. The number of carbonyl (C=O) groups excluding carboxylic acids is 1. The predicted molar refractivity (Wildman–Crippen MR) is 76.3 cm³/mol. The van der Waals surface area contributed by atoms with Gasteiger partial charge in [0.2, 0.25) is 0 Å². The van der Waals surface area contributed by atoms with Crippen LogP contribution < -0.4 is 5.32 Å². The molecule has 0 saturated heterocycles. The summed E-state index contributed by atoms with van der Waals surface area (Å²) < 4.78 is 5.90. The lowest BCUT2D eigenvalue weighted by Gasteiger charge is -2.25. The topological polar surface area (TPSA) is 51.2 Å². The van der Waals surface area contributed by atoms with Crippen LogP contribution in [0, 0.1) is 6.92 Å². The summed E-state index contributed by atoms with van der Waals surface area (Å²) in [7, 11) is 3.21. The summed E-state index contributed by atoms with van der Waals surface area (Å²) in [6.07, 6.45) is 1.70. The van der Waals surface area contributed by atoms with Crippen molar-refractivity contribution < 1.29 is 9.53 Å². The Bertz CT molecular complexity index is 395. The van der Waals surface area contributed by atoms with Gasteiger partial charge in [0.25, 0.3) is 0 Å². The van der Waals surface area contributed by atoms with Gasteiger partial charge in [0.05, 0.1) is 7.11 Å². The maximum absolute atomic E-state index is 11.6. The van der Waals surface area contributed by atoms with Gasteiger partial charge in [0, 0.05) is 16.8 Å². The van der Waals surface area contributed by atoms with Gasteiger partial charge in [-0.25, -0.2) is 4.98 Å². The van der Waals surface area contributed by atoms with Crippen molar-refractivity contribution in [1.29, 1.82) is 0 Å². The van der Waals surface area contributed by atoms with Crippen molar-refractivity contribution in [2.75, 3.05) is 19.9 Å². The fourth-order valence-electron chi connectivity index (χ4n) is 1.54. The first-order chi connectivity index (χ1) is 8.51. The second kappa shape index (κ2) is 7.11. The van der Waals surface area contributed by atoms with Gasteiger partial charge in [-0.1, -0.05) is 11.8 Å². The molecular formula is C12H20N2O2S2. The largest absolute Gasteiger partial charge is 0.468 e. The van der Waals surface area contributed by atoms with Crippen molar-refractivity contribution in [2.24, 2.45) is 0 Å². The molecule has 1 atom stereocenters. The van der Waals surface area contributed by atoms with Crippen LogP contribution in [-0.2, 0) is 9.53 Å². The number of nitrogens with one attached hydrogen (secondary N) is 1. The second-order valence-electron chi connectivity index (χ2n) is 4.28. The third kappa shape index (κ3) is 4.26. The Morgan fingerprint density at radius 1 is 1.67 bits per heavy atom. The number of carbonyl (C=O) groups is 1. The molecule has 0 aromatic carbocycles. The van der Waals surface area contributed by atoms with E-state index in [9.17, 15) is 4.79 Å². The number of rotatable bonds is 7. The molecule has 1 aromatic heterocycles. The standard InChI is InChI=1S/C12H20N2O2S2/c1-9-8-18-11(14-9)17-7-5-6-12(2,13-3)10(15)16-4/h8,13H,5-7H2,1-4H3. The molecule has 0 saturated carbocycles. The van der Waals surface area contributed by atoms with Crippen LogP contribution in [0.25, 0.3) is 0 Å². The smallest absolute Gasteiger partial charge is 0.325 e. The Kier molecular flexibility index (Phi) is 6.11. The highest BCUT2D eigenvalue weighted by atomic mass is 32.2. The SMILES string of the molecule is CNC(C)(CCCSc1nc(C)cs1)C(=O)OC. The molecule has 102 valence electrons. The van der Waals surface area contributed by atoms with Crippen LogP contribution >= 0.6 is 23.1 Å². The number of esters is 1. The van der Waals surface area contributed by atoms with Crippen molar-refractivity contribution in [3.63, 3.8) is 0 Å². The molecule has 1 N–H and O–H groups in total. The maximum atomic E-state index is 11.6. The fourth-order valence-corrected chi connectivity index (χ4v) is 3.40. The van der Waals surface area contributed by atoms with E-state index in [2.05, 4.69) is 15.7 Å². The molecule has 4 nitrogen and oxygen atoms in total. The number of aryl methyl sites for hydroxylation is 1. The number of methoxy groups -OCH3 is 1. The van der Waals surface area contributed by atoms with E-state index in [1.165, 1.54) is 7.11 Å². The van der Waals surface area contributed by atoms with Crippen molar-refractivity contribution in [1.82, 2.24) is 10.3 Å². The number of thioether (sulfide) groups is 1. The molecular weight excluding hydrogens is 268 g/mol. The molecule has 1 aromatic rings. The van der Waals surface area contributed by atoms with E-state index in [0.29, 0.717) is 0 Å². The first-order valence-electron chi connectivity index (χ1n) is 5.84. The number of ether oxygens (including phenoxy) is 1. The number of hydrogen-bond donors (Lipinski definition) is 1. The summed E-state index contributed by atoms with van der Waals surface area (Å²) in [4.78, 5) is 16.0. The van der Waals surface area contributed by atoms with Crippen LogP contribution in [0.3, 0.4) is 0 Å². The van der Waals surface area contributed by atoms with Gasteiger partial charge in [-0.15, -0.1) is 11.3 Å². The summed E-state index contributed by atoms with van der Waals surface area (Å²) in [6, 6.07) is 0. The summed E-state index contributed by atoms with van der Waals surface area (Å²) in [5.74, 6) is 0.751. The van der Waals surface area contributed by atoms with Gasteiger partial charge in [0.15, 0.2) is 0 Å². The van der Waals surface area contributed by atoms with Gasteiger partial charge in [-0.3, -0.25) is 4.79 Å². The van der Waals surface area contributed by atoms with E-state index < -0.39 is 5.54 Å². The maximum Gasteiger partial charge on any atom is 0.325 e. The molecule has 1 rings (SSSR count). The quantitative estimate of drug-likeness (QED) is 0.474. The van der Waals surface area contributed by atoms with Crippen molar-refractivity contribution in [3.8, 4) is 0 Å². The van der Waals surface area contributed by atoms with E-state index in [0.717, 1.165) is 28.6 Å². The minimum Gasteiger partial charge on any atom is -0.468 e. The molecule has 0 aliphatic rings. The van der Waals surface area contributed by atoms with E-state index in [4.69, 9.17) is 4.74 Å². The Morgan fingerprint density at radius 3 is 2.89 bits per heavy atom. The molecule has 1 unspecified atom stereocenters. The zero-order chi connectivity index (χ0) is 13.6. The average Bonchev–Trinajstić information content (AvgIpc) is 2.79. The van der Waals surface area contributed by atoms with Crippen LogP contribution in [0.4, 0.5) is 0 Å². The van der Waals surface area contributed by atoms with Crippen LogP contribution in [-0.4, -0.2) is 36.4 Å². The van der Waals surface area contributed by atoms with E-state index in [1.54, 1.807) is 30.1 Å². The Hall–Kier alpha value is -0.590. The molecule has 0 amide bonds. The number of aromatic nitrogens is 1. The molecule has 0 bridgehead atoms. The van der Waals surface area contributed by atoms with Crippen LogP contribution in [0.1, 0.15) is 25.5 Å². The zero-order valence-electron chi connectivity index (χ0n) is 11.3. The van der Waals surface area contributed by atoms with Crippen LogP contribution in [0.5, 0.6) is 0 Å². The molecule has 0 aliphatic carbocycles. The monoisotopic (exact) mass is 288 g/mol. The number of hydrogen-bond acceptors (Lipinski definition) is 6. The first kappa shape index (κ1) is 15.5. The lowest BCUT2D eigenvalue weighted by molar-refractivity contribution is -0.148. The normalized spacial score (nSPS) is 14.2. The molecule has 1 heterocycles. The summed E-state index contributed by atoms with van der Waals surface area (Å²) in [5, 5.41) is 5.09. The van der Waals surface area contributed by atoms with Crippen molar-refractivity contribution in [3.05, 3.63) is 11.1 Å². The number of likely N-dealkylation sites (N-methyl/N-ethyl adjacent to an activating group) is 1. The summed E-state index contributed by atoms with van der Waals surface area (Å²) in [6.45, 7) is 3.87. The molecule has 0 aliphatic heterocycles. The molecule has 0 spiro atoms. The van der Waals surface area contributed by atoms with Gasteiger partial charge in [-0.2, -0.15) is 0 Å². The molecule has 18 heavy (non-hydrogen) atoms. The Balaban J connectivity index is 2.34. The minimum absolute atomic E-state index is 0.208. The van der Waals surface area contributed by atoms with E-state index in [1.807, 2.05) is 13.8 Å². The second-order valence-corrected chi connectivity index (χ2v) is 6.48. The lowest BCUT2D eigenvalue weighted by atomic mass is 9.97. The van der Waals surface area contributed by atoms with E-state index in [-0.39, 0.29) is 5.97 Å². The zero-order valence-corrected chi connectivity index (χ0v) is 12.9. The van der Waals surface area contributed by atoms with Gasteiger partial charge in [0.1, 0.15) is 9.88 Å². The summed E-state index contributed by atoms with van der Waals surface area (Å²) in [5.41, 5.74) is 0.478. The minimum atomic E-state index is -0.589. The molecule has 0 fully saturated rings. The van der Waals surface area contributed by atoms with Crippen molar-refractivity contribution in [2.45, 2.75) is 36.6 Å². The van der Waals surface area contributed by atoms with E-state index >= 15 is 0 Å².